The number of anilines is 2. The Labute approximate surface area is 253 Å². The van der Waals surface area contributed by atoms with Gasteiger partial charge in [0, 0.05) is 24.0 Å². The largest absolute Gasteiger partial charge is 0.463 e. The van der Waals surface area contributed by atoms with Crippen LogP contribution in [0.3, 0.4) is 0 Å². The number of nitrogens with zero attached hydrogens (tertiary/aromatic N) is 5. The minimum absolute atomic E-state index is 0.233. The molecule has 1 atom stereocenters. The van der Waals surface area contributed by atoms with Gasteiger partial charge in [0.05, 0.1) is 23.5 Å². The van der Waals surface area contributed by atoms with Gasteiger partial charge in [0.25, 0.3) is 5.91 Å². The van der Waals surface area contributed by atoms with Gasteiger partial charge in [-0.3, -0.25) is 9.78 Å². The number of alkyl halides is 3. The quantitative estimate of drug-likeness (QED) is 0.166. The minimum Gasteiger partial charge on any atom is -0.463 e. The molecule has 10 nitrogen and oxygen atoms in total. The zero-order valence-electron chi connectivity index (χ0n) is 23.4. The standard InChI is InChI=1S/C31H25F4N7O3/c32-24-8-7-21(26(38-16-18-5-6-18)20-9-12-36-13-10-20)15-25(24)39-29(43)23-17-41(40-27(23)31(33,34)35)42(30(44)45)28-22-4-2-1-3-19(22)11-14-37-28/h1-4,7-15,17-18,26,38H,5-6,16H2,(H,39,43)(H,44,45). The molecular formula is C31H25F4N7O3. The lowest BCUT2D eigenvalue weighted by Crippen LogP contribution is -2.36. The molecule has 0 saturated heterocycles. The Kier molecular flexibility index (Phi) is 7.89. The van der Waals surface area contributed by atoms with Gasteiger partial charge < -0.3 is 15.7 Å². The van der Waals surface area contributed by atoms with Crippen LogP contribution in [-0.4, -0.2) is 43.5 Å². The van der Waals surface area contributed by atoms with E-state index in [-0.39, 0.29) is 11.5 Å². The second kappa shape index (κ2) is 12.0. The molecule has 0 bridgehead atoms. The molecule has 1 unspecified atom stereocenters. The highest BCUT2D eigenvalue weighted by Crippen LogP contribution is 2.34. The number of carboxylic acid groups (broad SMARTS) is 1. The third-order valence-electron chi connectivity index (χ3n) is 7.37. The van der Waals surface area contributed by atoms with E-state index in [9.17, 15) is 32.3 Å². The zero-order chi connectivity index (χ0) is 31.7. The van der Waals surface area contributed by atoms with E-state index in [0.29, 0.717) is 44.8 Å². The molecule has 45 heavy (non-hydrogen) atoms. The smallest absolute Gasteiger partial charge is 0.436 e. The molecule has 0 aliphatic heterocycles. The van der Waals surface area contributed by atoms with Crippen LogP contribution in [0, 0.1) is 11.7 Å². The number of fused-ring (bicyclic) bond motifs is 1. The molecule has 5 aromatic rings. The first-order chi connectivity index (χ1) is 21.6. The van der Waals surface area contributed by atoms with Gasteiger partial charge in [-0.15, -0.1) is 10.1 Å². The van der Waals surface area contributed by atoms with E-state index in [4.69, 9.17) is 0 Å². The van der Waals surface area contributed by atoms with E-state index in [1.165, 1.54) is 18.3 Å². The molecule has 3 N–H and O–H groups in total. The molecule has 6 rings (SSSR count). The molecule has 1 saturated carbocycles. The van der Waals surface area contributed by atoms with Crippen molar-refractivity contribution in [1.82, 2.24) is 25.2 Å². The SMILES string of the molecule is O=C(Nc1cc(C(NCC2CC2)c2ccncc2)ccc1F)c1cn(N(C(=O)O)c2nccc3ccccc23)nc1C(F)(F)F. The first-order valence-corrected chi connectivity index (χ1v) is 13.9. The van der Waals surface area contributed by atoms with Gasteiger partial charge in [-0.1, -0.05) is 30.3 Å². The summed E-state index contributed by atoms with van der Waals surface area (Å²) in [6.45, 7) is 0.700. The van der Waals surface area contributed by atoms with Crippen LogP contribution in [0.25, 0.3) is 10.8 Å². The van der Waals surface area contributed by atoms with E-state index in [2.05, 4.69) is 25.7 Å². The number of hydrogen-bond acceptors (Lipinski definition) is 6. The Morgan fingerprint density at radius 1 is 1.02 bits per heavy atom. The summed E-state index contributed by atoms with van der Waals surface area (Å²) in [5, 5.41) is 20.4. The number of halogens is 4. The molecule has 2 aromatic carbocycles. The fraction of sp³-hybridized carbons (Fsp3) is 0.194. The number of carbonyl (C=O) groups is 2. The molecule has 0 radical (unpaired) electrons. The first-order valence-electron chi connectivity index (χ1n) is 13.9. The highest BCUT2D eigenvalue weighted by atomic mass is 19.4. The van der Waals surface area contributed by atoms with E-state index in [0.717, 1.165) is 24.5 Å². The van der Waals surface area contributed by atoms with Crippen LogP contribution in [0.4, 0.5) is 33.9 Å². The van der Waals surface area contributed by atoms with Crippen LogP contribution >= 0.6 is 0 Å². The summed E-state index contributed by atoms with van der Waals surface area (Å²) in [6.07, 6.45) is 0.446. The second-order valence-corrected chi connectivity index (χ2v) is 10.5. The van der Waals surface area contributed by atoms with Crippen LogP contribution in [0.15, 0.2) is 85.5 Å². The monoisotopic (exact) mass is 619 g/mol. The predicted octanol–water partition coefficient (Wildman–Crippen LogP) is 6.27. The van der Waals surface area contributed by atoms with Crippen LogP contribution < -0.4 is 15.6 Å². The molecule has 230 valence electrons. The minimum atomic E-state index is -5.16. The summed E-state index contributed by atoms with van der Waals surface area (Å²) >= 11 is 0. The fourth-order valence-corrected chi connectivity index (χ4v) is 4.99. The molecule has 1 aliphatic carbocycles. The zero-order valence-corrected chi connectivity index (χ0v) is 23.4. The van der Waals surface area contributed by atoms with Crippen molar-refractivity contribution in [2.75, 3.05) is 16.9 Å². The van der Waals surface area contributed by atoms with Crippen LogP contribution in [0.2, 0.25) is 0 Å². The number of carbonyl (C=O) groups excluding carboxylic acids is 1. The summed E-state index contributed by atoms with van der Waals surface area (Å²) < 4.78 is 57.4. The van der Waals surface area contributed by atoms with Gasteiger partial charge >= 0.3 is 12.3 Å². The number of nitrogens with one attached hydrogen (secondary N) is 2. The first kappa shape index (κ1) is 29.7. The highest BCUT2D eigenvalue weighted by molar-refractivity contribution is 6.05. The van der Waals surface area contributed by atoms with Crippen molar-refractivity contribution < 1.29 is 32.3 Å². The van der Waals surface area contributed by atoms with Gasteiger partial charge in [-0.25, -0.2) is 14.2 Å². The van der Waals surface area contributed by atoms with Crippen molar-refractivity contribution in [3.8, 4) is 0 Å². The third-order valence-corrected chi connectivity index (χ3v) is 7.37. The van der Waals surface area contributed by atoms with Crippen LogP contribution in [0.5, 0.6) is 0 Å². The Balaban J connectivity index is 1.35. The van der Waals surface area contributed by atoms with Gasteiger partial charge in [0.1, 0.15) is 5.82 Å². The number of aromatic nitrogens is 4. The summed E-state index contributed by atoms with van der Waals surface area (Å²) in [7, 11) is 0. The Hall–Kier alpha value is -5.37. The topological polar surface area (TPSA) is 125 Å². The Morgan fingerprint density at radius 2 is 1.78 bits per heavy atom. The average Bonchev–Trinajstić information content (AvgIpc) is 3.74. The van der Waals surface area contributed by atoms with Gasteiger partial charge in [0.2, 0.25) is 0 Å². The van der Waals surface area contributed by atoms with Crippen molar-refractivity contribution in [1.29, 1.82) is 0 Å². The summed E-state index contributed by atoms with van der Waals surface area (Å²) in [4.78, 5) is 34.1. The van der Waals surface area contributed by atoms with Gasteiger partial charge in [-0.2, -0.15) is 18.0 Å². The lowest BCUT2D eigenvalue weighted by Gasteiger charge is -2.21. The maximum atomic E-state index is 15.0. The number of benzene rings is 2. The van der Waals surface area contributed by atoms with Crippen molar-refractivity contribution in [3.63, 3.8) is 0 Å². The van der Waals surface area contributed by atoms with E-state index < -0.39 is 41.3 Å². The normalized spacial score (nSPS) is 13.9. The molecule has 1 aliphatic rings. The van der Waals surface area contributed by atoms with Crippen LogP contribution in [-0.2, 0) is 6.18 Å². The second-order valence-electron chi connectivity index (χ2n) is 10.5. The highest BCUT2D eigenvalue weighted by Gasteiger charge is 2.41. The number of hydrogen-bond donors (Lipinski definition) is 3. The maximum Gasteiger partial charge on any atom is 0.436 e. The van der Waals surface area contributed by atoms with Crippen molar-refractivity contribution in [2.24, 2.45) is 5.92 Å². The summed E-state index contributed by atoms with van der Waals surface area (Å²) in [6, 6.07) is 15.3. The lowest BCUT2D eigenvalue weighted by atomic mass is 9.98. The number of pyridine rings is 2. The van der Waals surface area contributed by atoms with Gasteiger partial charge in [0.15, 0.2) is 11.5 Å². The summed E-state index contributed by atoms with van der Waals surface area (Å²) in [5.74, 6) is -1.94. The molecule has 14 heteroatoms. The number of amides is 2. The van der Waals surface area contributed by atoms with Crippen LogP contribution in [0.1, 0.15) is 46.1 Å². The Bertz CT molecular complexity index is 1870. The van der Waals surface area contributed by atoms with Gasteiger partial charge in [-0.05, 0) is 72.1 Å². The van der Waals surface area contributed by atoms with Crippen molar-refractivity contribution in [3.05, 3.63) is 114 Å². The fourth-order valence-electron chi connectivity index (χ4n) is 4.99. The van der Waals surface area contributed by atoms with Crippen molar-refractivity contribution in [2.45, 2.75) is 25.1 Å². The average molecular weight is 620 g/mol. The molecule has 3 aromatic heterocycles. The Morgan fingerprint density at radius 3 is 2.49 bits per heavy atom. The predicted molar refractivity (Wildman–Crippen MR) is 156 cm³/mol. The van der Waals surface area contributed by atoms with E-state index >= 15 is 0 Å². The number of rotatable bonds is 9. The third kappa shape index (κ3) is 6.31. The molecule has 0 spiro atoms. The van der Waals surface area contributed by atoms with E-state index in [1.807, 2.05) is 0 Å². The lowest BCUT2D eigenvalue weighted by molar-refractivity contribution is -0.141. The molecule has 1 fully saturated rings. The molecule has 3 heterocycles. The van der Waals surface area contributed by atoms with Crippen molar-refractivity contribution >= 4 is 34.3 Å². The molecule has 2 amide bonds. The van der Waals surface area contributed by atoms with E-state index in [1.54, 1.807) is 54.9 Å². The maximum absolute atomic E-state index is 15.0. The summed E-state index contributed by atoms with van der Waals surface area (Å²) in [5.41, 5.74) is -1.66. The molecular weight excluding hydrogens is 594 g/mol.